The molecule has 0 aliphatic carbocycles. The SMILES string of the molecule is CCn1cc(Br)cc1C(=O)NCC1CCS(=O)(=O)C1. The molecular formula is C12H17BrN2O3S. The fraction of sp³-hybridized carbons (Fsp3) is 0.583. The molecule has 1 aliphatic heterocycles. The molecule has 1 N–H and O–H groups in total. The van der Waals surface area contributed by atoms with Crippen LogP contribution in [-0.4, -0.2) is 36.9 Å². The predicted octanol–water partition coefficient (Wildman–Crippen LogP) is 1.43. The zero-order valence-electron chi connectivity index (χ0n) is 10.7. The predicted molar refractivity (Wildman–Crippen MR) is 76.9 cm³/mol. The molecule has 1 saturated heterocycles. The number of hydrogen-bond acceptors (Lipinski definition) is 3. The van der Waals surface area contributed by atoms with Gasteiger partial charge in [0.25, 0.3) is 5.91 Å². The molecule has 106 valence electrons. The van der Waals surface area contributed by atoms with Gasteiger partial charge in [0, 0.05) is 23.8 Å². The number of nitrogens with zero attached hydrogens (tertiary/aromatic N) is 1. The molecule has 19 heavy (non-hydrogen) atoms. The van der Waals surface area contributed by atoms with Gasteiger partial charge in [-0.1, -0.05) is 0 Å². The van der Waals surface area contributed by atoms with Gasteiger partial charge in [-0.2, -0.15) is 0 Å². The number of amides is 1. The fourth-order valence-corrected chi connectivity index (χ4v) is 4.61. The van der Waals surface area contributed by atoms with Crippen LogP contribution in [0, 0.1) is 5.92 Å². The van der Waals surface area contributed by atoms with Crippen molar-refractivity contribution in [2.45, 2.75) is 19.9 Å². The first kappa shape index (κ1) is 14.6. The maximum Gasteiger partial charge on any atom is 0.267 e. The zero-order chi connectivity index (χ0) is 14.0. The molecule has 0 aromatic carbocycles. The van der Waals surface area contributed by atoms with Gasteiger partial charge < -0.3 is 9.88 Å². The highest BCUT2D eigenvalue weighted by molar-refractivity contribution is 9.10. The van der Waals surface area contributed by atoms with Crippen LogP contribution in [0.2, 0.25) is 0 Å². The lowest BCUT2D eigenvalue weighted by molar-refractivity contribution is 0.0939. The molecular weight excluding hydrogens is 332 g/mol. The van der Waals surface area contributed by atoms with E-state index >= 15 is 0 Å². The fourth-order valence-electron chi connectivity index (χ4n) is 2.29. The highest BCUT2D eigenvalue weighted by Crippen LogP contribution is 2.18. The van der Waals surface area contributed by atoms with Gasteiger partial charge in [0.1, 0.15) is 5.69 Å². The summed E-state index contributed by atoms with van der Waals surface area (Å²) in [7, 11) is -2.88. The molecule has 5 nitrogen and oxygen atoms in total. The van der Waals surface area contributed by atoms with E-state index in [1.807, 2.05) is 17.7 Å². The number of carbonyl (C=O) groups is 1. The third kappa shape index (κ3) is 3.60. The van der Waals surface area contributed by atoms with Crippen LogP contribution in [0.1, 0.15) is 23.8 Å². The van der Waals surface area contributed by atoms with Crippen molar-refractivity contribution in [3.8, 4) is 0 Å². The molecule has 0 radical (unpaired) electrons. The molecule has 0 bridgehead atoms. The van der Waals surface area contributed by atoms with E-state index in [0.717, 1.165) is 4.47 Å². The number of carbonyl (C=O) groups excluding carboxylic acids is 1. The lowest BCUT2D eigenvalue weighted by atomic mass is 10.1. The van der Waals surface area contributed by atoms with Crippen molar-refractivity contribution in [3.05, 3.63) is 22.4 Å². The van der Waals surface area contributed by atoms with Gasteiger partial charge >= 0.3 is 0 Å². The molecule has 1 aliphatic rings. The smallest absolute Gasteiger partial charge is 0.267 e. The Bertz CT molecular complexity index is 580. The Labute approximate surface area is 121 Å². The van der Waals surface area contributed by atoms with E-state index in [1.54, 1.807) is 6.07 Å². The molecule has 2 rings (SSSR count). The summed E-state index contributed by atoms with van der Waals surface area (Å²) in [6.45, 7) is 3.10. The minimum absolute atomic E-state index is 0.0439. The van der Waals surface area contributed by atoms with Crippen LogP contribution in [0.15, 0.2) is 16.7 Å². The monoisotopic (exact) mass is 348 g/mol. The number of rotatable bonds is 4. The summed E-state index contributed by atoms with van der Waals surface area (Å²) in [5.41, 5.74) is 0.593. The summed E-state index contributed by atoms with van der Waals surface area (Å²) in [5, 5.41) is 2.82. The van der Waals surface area contributed by atoms with E-state index in [2.05, 4.69) is 21.2 Å². The van der Waals surface area contributed by atoms with Gasteiger partial charge in [-0.25, -0.2) is 8.42 Å². The topological polar surface area (TPSA) is 68.2 Å². The number of halogens is 1. The summed E-state index contributed by atoms with van der Waals surface area (Å²) >= 11 is 3.34. The van der Waals surface area contributed by atoms with E-state index in [4.69, 9.17) is 0 Å². The van der Waals surface area contributed by atoms with Crippen molar-refractivity contribution in [2.75, 3.05) is 18.1 Å². The van der Waals surface area contributed by atoms with Crippen molar-refractivity contribution in [1.29, 1.82) is 0 Å². The molecule has 7 heteroatoms. The minimum Gasteiger partial charge on any atom is -0.350 e. The highest BCUT2D eigenvalue weighted by Gasteiger charge is 2.28. The Kier molecular flexibility index (Phi) is 4.35. The second-order valence-corrected chi connectivity index (χ2v) is 7.95. The standard InChI is InChI=1S/C12H17BrN2O3S/c1-2-15-7-10(13)5-11(15)12(16)14-6-9-3-4-19(17,18)8-9/h5,7,9H,2-4,6,8H2,1H3,(H,14,16). The van der Waals surface area contributed by atoms with Crippen LogP contribution < -0.4 is 5.32 Å². The summed E-state index contributed by atoms with van der Waals surface area (Å²) in [5.74, 6) is 0.315. The van der Waals surface area contributed by atoms with Gasteiger partial charge in [-0.05, 0) is 41.3 Å². The van der Waals surface area contributed by atoms with E-state index in [-0.39, 0.29) is 23.3 Å². The largest absolute Gasteiger partial charge is 0.350 e. The van der Waals surface area contributed by atoms with Gasteiger partial charge in [-0.3, -0.25) is 4.79 Å². The average Bonchev–Trinajstić information content (AvgIpc) is 2.89. The third-order valence-corrected chi connectivity index (χ3v) is 5.59. The van der Waals surface area contributed by atoms with Crippen molar-refractivity contribution in [2.24, 2.45) is 5.92 Å². The summed E-state index contributed by atoms with van der Waals surface area (Å²) in [6.07, 6.45) is 2.50. The highest BCUT2D eigenvalue weighted by atomic mass is 79.9. The Hall–Kier alpha value is -0.820. The van der Waals surface area contributed by atoms with Crippen LogP contribution in [0.3, 0.4) is 0 Å². The number of sulfone groups is 1. The Morgan fingerprint density at radius 1 is 1.58 bits per heavy atom. The van der Waals surface area contributed by atoms with Crippen LogP contribution >= 0.6 is 15.9 Å². The quantitative estimate of drug-likeness (QED) is 0.894. The second kappa shape index (κ2) is 5.66. The molecule has 1 atom stereocenters. The van der Waals surface area contributed by atoms with Crippen molar-refractivity contribution >= 4 is 31.7 Å². The van der Waals surface area contributed by atoms with Gasteiger partial charge in [-0.15, -0.1) is 0 Å². The summed E-state index contributed by atoms with van der Waals surface area (Å²) < 4.78 is 25.4. The second-order valence-electron chi connectivity index (χ2n) is 4.81. The van der Waals surface area contributed by atoms with E-state index in [0.29, 0.717) is 25.2 Å². The molecule has 0 saturated carbocycles. The number of hydrogen-bond donors (Lipinski definition) is 1. The van der Waals surface area contributed by atoms with Crippen LogP contribution in [0.5, 0.6) is 0 Å². The van der Waals surface area contributed by atoms with Crippen LogP contribution in [0.25, 0.3) is 0 Å². The first-order valence-electron chi connectivity index (χ1n) is 6.25. The molecule has 1 unspecified atom stereocenters. The summed E-state index contributed by atoms with van der Waals surface area (Å²) in [6, 6.07) is 1.77. The first-order valence-corrected chi connectivity index (χ1v) is 8.87. The Morgan fingerprint density at radius 3 is 2.89 bits per heavy atom. The number of nitrogens with one attached hydrogen (secondary N) is 1. The van der Waals surface area contributed by atoms with E-state index in [9.17, 15) is 13.2 Å². The summed E-state index contributed by atoms with van der Waals surface area (Å²) in [4.78, 5) is 12.1. The van der Waals surface area contributed by atoms with Gasteiger partial charge in [0.15, 0.2) is 9.84 Å². The molecule has 1 aromatic heterocycles. The molecule has 1 amide bonds. The lowest BCUT2D eigenvalue weighted by Crippen LogP contribution is -2.31. The van der Waals surface area contributed by atoms with Crippen LogP contribution in [-0.2, 0) is 16.4 Å². The molecule has 2 heterocycles. The van der Waals surface area contributed by atoms with Crippen molar-refractivity contribution < 1.29 is 13.2 Å². The normalized spacial score (nSPS) is 21.5. The van der Waals surface area contributed by atoms with Gasteiger partial charge in [0.05, 0.1) is 11.5 Å². The van der Waals surface area contributed by atoms with E-state index < -0.39 is 9.84 Å². The molecule has 1 fully saturated rings. The Morgan fingerprint density at radius 2 is 2.32 bits per heavy atom. The lowest BCUT2D eigenvalue weighted by Gasteiger charge is -2.10. The average molecular weight is 349 g/mol. The van der Waals surface area contributed by atoms with Crippen molar-refractivity contribution in [3.63, 3.8) is 0 Å². The van der Waals surface area contributed by atoms with Gasteiger partial charge in [0.2, 0.25) is 0 Å². The zero-order valence-corrected chi connectivity index (χ0v) is 13.1. The maximum atomic E-state index is 12.1. The third-order valence-electron chi connectivity index (χ3n) is 3.31. The molecule has 0 spiro atoms. The Balaban J connectivity index is 1.95. The van der Waals surface area contributed by atoms with E-state index in [1.165, 1.54) is 0 Å². The van der Waals surface area contributed by atoms with Crippen molar-refractivity contribution in [1.82, 2.24) is 9.88 Å². The van der Waals surface area contributed by atoms with Crippen LogP contribution in [0.4, 0.5) is 0 Å². The first-order chi connectivity index (χ1) is 8.91. The number of aryl methyl sites for hydroxylation is 1. The number of aromatic nitrogens is 1. The minimum atomic E-state index is -2.88. The maximum absolute atomic E-state index is 12.1. The molecule has 1 aromatic rings.